The SMILES string of the molecule is CC/C=C\C/C=C\C/C=C\C/C=C\C/C=C\C/C=C\CCCCC(=O)OC(COC(=O)CCCCCCCCCCCCCCCCCCCCCCCCCCCCC/C=C\CCCCCCCCCC)COP(=O)([O-])OCC[N+](C)(C)C. The minimum atomic E-state index is -4.66. The number of carbonyl (C=O) groups excluding carboxylic acids is 2. The maximum atomic E-state index is 12.8. The fraction of sp³-hybridized carbons (Fsp3) is 0.784. The number of allylic oxidation sites excluding steroid dienone is 14. The van der Waals surface area contributed by atoms with E-state index in [4.69, 9.17) is 18.5 Å². The highest BCUT2D eigenvalue weighted by molar-refractivity contribution is 7.45. The first-order valence-electron chi connectivity index (χ1n) is 35.3. The summed E-state index contributed by atoms with van der Waals surface area (Å²) in [6, 6.07) is 0. The molecule has 2 unspecified atom stereocenters. The molecule has 0 saturated heterocycles. The number of rotatable bonds is 65. The molecule has 0 aromatic rings. The van der Waals surface area contributed by atoms with Crippen LogP contribution in [-0.2, 0) is 32.7 Å². The van der Waals surface area contributed by atoms with E-state index in [1.54, 1.807) is 0 Å². The molecule has 0 rings (SSSR count). The number of quaternary nitrogens is 1. The van der Waals surface area contributed by atoms with Crippen LogP contribution in [0.25, 0.3) is 0 Å². The molecule has 0 saturated carbocycles. The van der Waals surface area contributed by atoms with E-state index >= 15 is 0 Å². The zero-order valence-corrected chi connectivity index (χ0v) is 56.5. The van der Waals surface area contributed by atoms with E-state index in [-0.39, 0.29) is 26.1 Å². The summed E-state index contributed by atoms with van der Waals surface area (Å²) >= 11 is 0. The molecule has 0 spiro atoms. The van der Waals surface area contributed by atoms with Gasteiger partial charge < -0.3 is 27.9 Å². The number of ether oxygens (including phenoxy) is 2. The molecule has 0 amide bonds. The highest BCUT2D eigenvalue weighted by Gasteiger charge is 2.22. The third-order valence-electron chi connectivity index (χ3n) is 15.4. The van der Waals surface area contributed by atoms with Crippen molar-refractivity contribution in [1.82, 2.24) is 0 Å². The second-order valence-electron chi connectivity index (χ2n) is 24.9. The van der Waals surface area contributed by atoms with Gasteiger partial charge in [0.25, 0.3) is 7.82 Å². The third kappa shape index (κ3) is 68.3. The average molecular weight is 1200 g/mol. The van der Waals surface area contributed by atoms with Gasteiger partial charge >= 0.3 is 11.9 Å². The van der Waals surface area contributed by atoms with Crippen molar-refractivity contribution in [2.24, 2.45) is 0 Å². The van der Waals surface area contributed by atoms with Gasteiger partial charge in [-0.3, -0.25) is 14.2 Å². The Morgan fingerprint density at radius 1 is 0.381 bits per heavy atom. The first-order chi connectivity index (χ1) is 41.0. The smallest absolute Gasteiger partial charge is 0.306 e. The lowest BCUT2D eigenvalue weighted by Gasteiger charge is -2.28. The number of carbonyl (C=O) groups is 2. The molecule has 0 bridgehead atoms. The number of hydrogen-bond acceptors (Lipinski definition) is 8. The minimum Gasteiger partial charge on any atom is -0.756 e. The Bertz CT molecular complexity index is 1690. The lowest BCUT2D eigenvalue weighted by Crippen LogP contribution is -2.37. The molecule has 0 radical (unpaired) electrons. The predicted octanol–water partition coefficient (Wildman–Crippen LogP) is 22.3. The van der Waals surface area contributed by atoms with Gasteiger partial charge in [-0.15, -0.1) is 0 Å². The summed E-state index contributed by atoms with van der Waals surface area (Å²) in [7, 11) is 1.14. The fourth-order valence-corrected chi connectivity index (χ4v) is 10.7. The van der Waals surface area contributed by atoms with Crippen LogP contribution in [-0.4, -0.2) is 70.0 Å². The monoisotopic (exact) mass is 1200 g/mol. The van der Waals surface area contributed by atoms with Crippen molar-refractivity contribution in [2.45, 2.75) is 328 Å². The van der Waals surface area contributed by atoms with Crippen molar-refractivity contribution in [3.05, 3.63) is 85.1 Å². The van der Waals surface area contributed by atoms with Crippen LogP contribution < -0.4 is 4.89 Å². The Balaban J connectivity index is 3.96. The summed E-state index contributed by atoms with van der Waals surface area (Å²) in [6.45, 7) is 4.10. The second kappa shape index (κ2) is 64.7. The number of unbranched alkanes of at least 4 members (excludes halogenated alkanes) is 37. The van der Waals surface area contributed by atoms with Crippen molar-refractivity contribution < 1.29 is 42.1 Å². The van der Waals surface area contributed by atoms with E-state index in [9.17, 15) is 19.0 Å². The van der Waals surface area contributed by atoms with Crippen molar-refractivity contribution >= 4 is 19.8 Å². The van der Waals surface area contributed by atoms with Gasteiger partial charge in [-0.2, -0.15) is 0 Å². The summed E-state index contributed by atoms with van der Waals surface area (Å²) in [5.74, 6) is -0.877. The van der Waals surface area contributed by atoms with Gasteiger partial charge in [-0.25, -0.2) is 0 Å². The number of nitrogens with zero attached hydrogens (tertiary/aromatic N) is 1. The van der Waals surface area contributed by atoms with Gasteiger partial charge in [-0.05, 0) is 89.9 Å². The Morgan fingerprint density at radius 2 is 0.679 bits per heavy atom. The zero-order valence-electron chi connectivity index (χ0n) is 55.6. The number of hydrogen-bond donors (Lipinski definition) is 0. The molecule has 0 heterocycles. The van der Waals surface area contributed by atoms with Gasteiger partial charge in [-0.1, -0.05) is 304 Å². The molecule has 0 N–H and O–H groups in total. The second-order valence-corrected chi connectivity index (χ2v) is 26.3. The van der Waals surface area contributed by atoms with Crippen LogP contribution in [0.15, 0.2) is 85.1 Å². The summed E-state index contributed by atoms with van der Waals surface area (Å²) < 4.78 is 34.2. The first kappa shape index (κ1) is 81.2. The lowest BCUT2D eigenvalue weighted by molar-refractivity contribution is -0.870. The van der Waals surface area contributed by atoms with Gasteiger partial charge in [0.1, 0.15) is 19.8 Å². The Kier molecular flexibility index (Phi) is 62.5. The van der Waals surface area contributed by atoms with Crippen LogP contribution in [0.1, 0.15) is 322 Å². The van der Waals surface area contributed by atoms with Gasteiger partial charge in [0, 0.05) is 12.8 Å². The summed E-state index contributed by atoms with van der Waals surface area (Å²) in [5.41, 5.74) is 0. The van der Waals surface area contributed by atoms with Crippen LogP contribution in [0.3, 0.4) is 0 Å². The van der Waals surface area contributed by atoms with Crippen LogP contribution in [0.4, 0.5) is 0 Å². The van der Waals surface area contributed by atoms with E-state index in [0.717, 1.165) is 70.6 Å². The highest BCUT2D eigenvalue weighted by atomic mass is 31.2. The molecule has 2 atom stereocenters. The third-order valence-corrected chi connectivity index (χ3v) is 16.4. The standard InChI is InChI=1S/C74H134NO8P/c1-6-8-10-12-14-16-18-20-22-24-26-28-29-30-31-32-33-34-35-36-37-38-39-40-41-42-43-44-45-47-48-50-52-54-56-58-60-62-64-66-73(76)80-70-72(71-82-84(78,79)81-69-68-75(3,4)5)83-74(77)67-65-63-61-59-57-55-53-51-49-46-27-25-23-21-19-17-15-13-11-9-7-2/h9,11,15,17,21,23-24,26-27,46,51,53,57,59,72H,6-8,10,12-14,16,18-20,22,25,28-45,47-50,52,54-56,58,60-71H2,1-5H3/b11-9-,17-15-,23-21-,26-24-,46-27-,53-51-,59-57-. The maximum Gasteiger partial charge on any atom is 0.306 e. The number of likely N-dealkylation sites (N-methyl/N-ethyl adjacent to an activating group) is 1. The Morgan fingerprint density at radius 3 is 1.05 bits per heavy atom. The van der Waals surface area contributed by atoms with Gasteiger partial charge in [0.2, 0.25) is 0 Å². The molecule has 0 fully saturated rings. The Labute approximate surface area is 520 Å². The molecular formula is C74H134NO8P. The molecule has 0 aromatic heterocycles. The van der Waals surface area contributed by atoms with Gasteiger partial charge in [0.15, 0.2) is 6.10 Å². The van der Waals surface area contributed by atoms with Crippen molar-refractivity contribution in [1.29, 1.82) is 0 Å². The van der Waals surface area contributed by atoms with E-state index in [0.29, 0.717) is 17.4 Å². The number of esters is 2. The molecule has 0 aliphatic rings. The van der Waals surface area contributed by atoms with Crippen LogP contribution >= 0.6 is 7.82 Å². The Hall–Kier alpha value is -2.81. The molecule has 0 aliphatic carbocycles. The van der Waals surface area contributed by atoms with E-state index in [2.05, 4.69) is 98.9 Å². The van der Waals surface area contributed by atoms with E-state index < -0.39 is 32.5 Å². The summed E-state index contributed by atoms with van der Waals surface area (Å²) in [5, 5.41) is 0. The van der Waals surface area contributed by atoms with Crippen LogP contribution in [0, 0.1) is 0 Å². The van der Waals surface area contributed by atoms with Crippen molar-refractivity contribution in [2.75, 3.05) is 47.5 Å². The topological polar surface area (TPSA) is 111 Å². The zero-order chi connectivity index (χ0) is 61.2. The first-order valence-corrected chi connectivity index (χ1v) is 36.8. The lowest BCUT2D eigenvalue weighted by atomic mass is 10.0. The van der Waals surface area contributed by atoms with Crippen molar-refractivity contribution in [3.8, 4) is 0 Å². The summed E-state index contributed by atoms with van der Waals surface area (Å²) in [4.78, 5) is 38.0. The summed E-state index contributed by atoms with van der Waals surface area (Å²) in [6.07, 6.45) is 88.4. The van der Waals surface area contributed by atoms with Crippen LogP contribution in [0.2, 0.25) is 0 Å². The van der Waals surface area contributed by atoms with E-state index in [1.807, 2.05) is 21.1 Å². The molecule has 9 nitrogen and oxygen atoms in total. The molecule has 10 heteroatoms. The largest absolute Gasteiger partial charge is 0.756 e. The number of phosphoric acid groups is 1. The normalized spacial score (nSPS) is 13.6. The fourth-order valence-electron chi connectivity index (χ4n) is 10.0. The molecular weight excluding hydrogens is 1060 g/mol. The quantitative estimate of drug-likeness (QED) is 0.0195. The van der Waals surface area contributed by atoms with E-state index in [1.165, 1.54) is 218 Å². The van der Waals surface area contributed by atoms with Crippen LogP contribution in [0.5, 0.6) is 0 Å². The molecule has 488 valence electrons. The maximum absolute atomic E-state index is 12.8. The molecule has 0 aliphatic heterocycles. The number of phosphoric ester groups is 1. The molecule has 84 heavy (non-hydrogen) atoms. The van der Waals surface area contributed by atoms with Crippen molar-refractivity contribution in [3.63, 3.8) is 0 Å². The van der Waals surface area contributed by atoms with Gasteiger partial charge in [0.05, 0.1) is 27.7 Å². The minimum absolute atomic E-state index is 0.0420. The molecule has 0 aromatic carbocycles. The average Bonchev–Trinajstić information content (AvgIpc) is 3.61. The highest BCUT2D eigenvalue weighted by Crippen LogP contribution is 2.38. The predicted molar refractivity (Wildman–Crippen MR) is 360 cm³/mol.